The van der Waals surface area contributed by atoms with Gasteiger partial charge in [-0.25, -0.2) is 4.99 Å². The van der Waals surface area contributed by atoms with E-state index < -0.39 is 0 Å². The molecule has 1 aliphatic carbocycles. The number of ether oxygens (including phenoxy) is 2. The predicted octanol–water partition coefficient (Wildman–Crippen LogP) is 5.52. The van der Waals surface area contributed by atoms with E-state index in [-0.39, 0.29) is 17.6 Å². The van der Waals surface area contributed by atoms with E-state index in [2.05, 4.69) is 43.1 Å². The highest BCUT2D eigenvalue weighted by molar-refractivity contribution is 6.03. The van der Waals surface area contributed by atoms with E-state index in [1.54, 1.807) is 55.5 Å². The number of guanidine groups is 1. The number of aromatic hydroxyl groups is 1. The fraction of sp³-hybridized carbons (Fsp3) is 0.368. The number of rotatable bonds is 17. The van der Waals surface area contributed by atoms with Crippen LogP contribution < -0.4 is 26.6 Å². The van der Waals surface area contributed by atoms with Gasteiger partial charge < -0.3 is 41.2 Å². The van der Waals surface area contributed by atoms with Gasteiger partial charge in [0.15, 0.2) is 0 Å². The van der Waals surface area contributed by atoms with E-state index in [1.165, 1.54) is 32.1 Å². The van der Waals surface area contributed by atoms with Crippen LogP contribution in [-0.4, -0.2) is 74.8 Å². The molecule has 0 heterocycles. The summed E-state index contributed by atoms with van der Waals surface area (Å²) in [6.07, 6.45) is 6.12. The Kier molecular flexibility index (Phi) is 15.8. The zero-order valence-electron chi connectivity index (χ0n) is 28.7. The molecule has 0 unspecified atom stereocenters. The number of nitrogens with zero attached hydrogens (tertiary/aromatic N) is 2. The summed E-state index contributed by atoms with van der Waals surface area (Å²) in [4.78, 5) is 33.9. The number of amides is 2. The number of anilines is 2. The highest BCUT2D eigenvalue weighted by Gasteiger charge is 2.15. The van der Waals surface area contributed by atoms with Crippen molar-refractivity contribution in [2.45, 2.75) is 39.0 Å². The second-order valence-electron chi connectivity index (χ2n) is 11.9. The first-order chi connectivity index (χ1) is 24.4. The van der Waals surface area contributed by atoms with Crippen molar-refractivity contribution in [3.8, 4) is 5.75 Å². The maximum Gasteiger partial charge on any atom is 0.251 e. The van der Waals surface area contributed by atoms with E-state index in [1.807, 2.05) is 30.3 Å². The van der Waals surface area contributed by atoms with Gasteiger partial charge in [0.05, 0.1) is 33.0 Å². The van der Waals surface area contributed by atoms with E-state index in [0.29, 0.717) is 86.4 Å². The molecule has 3 aromatic rings. The zero-order chi connectivity index (χ0) is 35.4. The van der Waals surface area contributed by atoms with E-state index in [9.17, 15) is 14.7 Å². The van der Waals surface area contributed by atoms with Crippen LogP contribution in [0.1, 0.15) is 59.7 Å². The van der Waals surface area contributed by atoms with Crippen LogP contribution in [0.3, 0.4) is 0 Å². The largest absolute Gasteiger partial charge is 0.508 e. The van der Waals surface area contributed by atoms with Gasteiger partial charge in [-0.3, -0.25) is 14.6 Å². The van der Waals surface area contributed by atoms with Gasteiger partial charge in [0.2, 0.25) is 5.96 Å². The van der Waals surface area contributed by atoms with Crippen LogP contribution in [0.2, 0.25) is 0 Å². The summed E-state index contributed by atoms with van der Waals surface area (Å²) in [6.45, 7) is 8.93. The van der Waals surface area contributed by atoms with E-state index >= 15 is 0 Å². The summed E-state index contributed by atoms with van der Waals surface area (Å²) < 4.78 is 11.2. The lowest BCUT2D eigenvalue weighted by Crippen LogP contribution is -2.33. The Morgan fingerprint density at radius 1 is 0.780 bits per heavy atom. The third kappa shape index (κ3) is 14.1. The molecule has 0 saturated heterocycles. The van der Waals surface area contributed by atoms with E-state index in [4.69, 9.17) is 9.47 Å². The smallest absolute Gasteiger partial charge is 0.251 e. The lowest BCUT2D eigenvalue weighted by molar-refractivity contribution is 0.0512. The average Bonchev–Trinajstić information content (AvgIpc) is 3.13. The maximum absolute atomic E-state index is 12.7. The lowest BCUT2D eigenvalue weighted by Gasteiger charge is -2.21. The number of carbonyl (C=O) groups is 2. The number of benzene rings is 3. The number of phenols is 1. The van der Waals surface area contributed by atoms with Crippen LogP contribution in [0, 0.1) is 5.92 Å². The molecule has 12 nitrogen and oxygen atoms in total. The molecule has 1 fully saturated rings. The van der Waals surface area contributed by atoms with Gasteiger partial charge in [0.25, 0.3) is 11.8 Å². The number of nitrogens with one attached hydrogen (secondary N) is 5. The Hall–Kier alpha value is -5.20. The quantitative estimate of drug-likeness (QED) is 0.0470. The molecule has 4 rings (SSSR count). The standard InChI is InChI=1S/C38H49N7O5/c1-28(39-21-23-49-25-26-50-24-22-40-36(47)31-11-7-4-8-12-31)43-38(44-29(2)42-33-17-19-35(46)20-18-33)45-34-15-13-32(14-16-34)37(48)41-27-30-9-5-3-6-10-30/h4,7-8,11-20,30,42,46H,2-3,5-6,9-10,21-27H2,1H3,(H,40,47)(H,41,48)(H2,39,43,44,45). The Morgan fingerprint density at radius 3 is 2.12 bits per heavy atom. The minimum Gasteiger partial charge on any atom is -0.508 e. The normalized spacial score (nSPS) is 13.7. The Bertz CT molecular complexity index is 1550. The van der Waals surface area contributed by atoms with Gasteiger partial charge in [-0.1, -0.05) is 44.0 Å². The van der Waals surface area contributed by atoms with Crippen molar-refractivity contribution >= 4 is 35.0 Å². The monoisotopic (exact) mass is 683 g/mol. The molecule has 0 atom stereocenters. The van der Waals surface area contributed by atoms with Crippen molar-refractivity contribution in [3.05, 3.63) is 102 Å². The third-order valence-electron chi connectivity index (χ3n) is 7.91. The summed E-state index contributed by atoms with van der Waals surface area (Å²) in [5.74, 6) is 1.83. The lowest BCUT2D eigenvalue weighted by atomic mass is 9.89. The van der Waals surface area contributed by atoms with Gasteiger partial charge >= 0.3 is 0 Å². The Morgan fingerprint density at radius 2 is 1.40 bits per heavy atom. The van der Waals surface area contributed by atoms with Crippen LogP contribution in [0.5, 0.6) is 5.75 Å². The Labute approximate surface area is 294 Å². The first kappa shape index (κ1) is 37.6. The summed E-state index contributed by atoms with van der Waals surface area (Å²) in [5, 5.41) is 25.0. The zero-order valence-corrected chi connectivity index (χ0v) is 28.7. The van der Waals surface area contributed by atoms with Gasteiger partial charge in [-0.05, 0) is 86.3 Å². The molecule has 12 heteroatoms. The van der Waals surface area contributed by atoms with Crippen molar-refractivity contribution in [3.63, 3.8) is 0 Å². The maximum atomic E-state index is 12.7. The number of phenolic OH excluding ortho intramolecular Hbond substituents is 1. The number of hydrogen-bond donors (Lipinski definition) is 6. The van der Waals surface area contributed by atoms with E-state index in [0.717, 1.165) is 5.69 Å². The number of hydrogen-bond acceptors (Lipinski definition) is 7. The fourth-order valence-electron chi connectivity index (χ4n) is 5.27. The third-order valence-corrected chi connectivity index (χ3v) is 7.91. The molecule has 0 bridgehead atoms. The van der Waals surface area contributed by atoms with Crippen molar-refractivity contribution < 1.29 is 24.2 Å². The molecule has 0 aromatic heterocycles. The Balaban J connectivity index is 1.23. The minimum absolute atomic E-state index is 0.0790. The van der Waals surface area contributed by atoms with Crippen molar-refractivity contribution in [2.24, 2.45) is 15.9 Å². The second kappa shape index (κ2) is 21.0. The molecule has 1 saturated carbocycles. The first-order valence-electron chi connectivity index (χ1n) is 17.1. The summed E-state index contributed by atoms with van der Waals surface area (Å²) in [5.41, 5.74) is 2.65. The molecular weight excluding hydrogens is 634 g/mol. The van der Waals surface area contributed by atoms with Crippen LogP contribution in [0.4, 0.5) is 11.4 Å². The van der Waals surface area contributed by atoms with Gasteiger partial charge in [-0.15, -0.1) is 0 Å². The molecule has 50 heavy (non-hydrogen) atoms. The van der Waals surface area contributed by atoms with Crippen LogP contribution >= 0.6 is 0 Å². The van der Waals surface area contributed by atoms with Gasteiger partial charge in [-0.2, -0.15) is 0 Å². The molecule has 2 amide bonds. The summed E-state index contributed by atoms with van der Waals surface area (Å²) in [7, 11) is 0. The molecule has 3 aromatic carbocycles. The van der Waals surface area contributed by atoms with Crippen LogP contribution in [-0.2, 0) is 9.47 Å². The fourth-order valence-corrected chi connectivity index (χ4v) is 5.27. The number of amidine groups is 1. The van der Waals surface area contributed by atoms with Crippen molar-refractivity contribution in [2.75, 3.05) is 56.7 Å². The molecule has 0 spiro atoms. The molecule has 266 valence electrons. The van der Waals surface area contributed by atoms with Gasteiger partial charge in [0, 0.05) is 35.6 Å². The number of carbonyl (C=O) groups excluding carboxylic acids is 2. The first-order valence-corrected chi connectivity index (χ1v) is 17.1. The molecule has 1 aliphatic rings. The SMILES string of the molecule is C=C(NC(=NC(C)=NCCOCCOCCNC(=O)c1ccccc1)Nc1ccc(C(=O)NCC2CCCCC2)cc1)Nc1ccc(O)cc1. The van der Waals surface area contributed by atoms with Crippen LogP contribution in [0.15, 0.2) is 101 Å². The highest BCUT2D eigenvalue weighted by atomic mass is 16.5. The molecular formula is C38H49N7O5. The van der Waals surface area contributed by atoms with Gasteiger partial charge in [0.1, 0.15) is 17.4 Å². The average molecular weight is 684 g/mol. The van der Waals surface area contributed by atoms with Crippen molar-refractivity contribution in [1.82, 2.24) is 16.0 Å². The topological polar surface area (TPSA) is 158 Å². The highest BCUT2D eigenvalue weighted by Crippen LogP contribution is 2.23. The number of aliphatic imine (C=N–C) groups is 2. The molecule has 0 radical (unpaired) electrons. The minimum atomic E-state index is -0.130. The van der Waals surface area contributed by atoms with Crippen molar-refractivity contribution in [1.29, 1.82) is 0 Å². The molecule has 0 aliphatic heterocycles. The molecule has 6 N–H and O–H groups in total. The summed E-state index contributed by atoms with van der Waals surface area (Å²) in [6, 6.07) is 22.9. The second-order valence-corrected chi connectivity index (χ2v) is 11.9. The predicted molar refractivity (Wildman–Crippen MR) is 199 cm³/mol. The van der Waals surface area contributed by atoms with Crippen LogP contribution in [0.25, 0.3) is 0 Å². The summed E-state index contributed by atoms with van der Waals surface area (Å²) >= 11 is 0.